The molecule has 0 saturated carbocycles. The lowest BCUT2D eigenvalue weighted by Crippen LogP contribution is -2.36. The highest BCUT2D eigenvalue weighted by Crippen LogP contribution is 2.29. The highest BCUT2D eigenvalue weighted by molar-refractivity contribution is 5.94. The first-order chi connectivity index (χ1) is 11.9. The molecular formula is C17H15F3N2O3. The predicted molar refractivity (Wildman–Crippen MR) is 84.2 cm³/mol. The summed E-state index contributed by atoms with van der Waals surface area (Å²) in [6.45, 7) is 0.210. The zero-order valence-corrected chi connectivity index (χ0v) is 13.0. The monoisotopic (exact) mass is 352 g/mol. The van der Waals surface area contributed by atoms with E-state index in [0.717, 1.165) is 24.3 Å². The van der Waals surface area contributed by atoms with Crippen LogP contribution >= 0.6 is 0 Å². The quantitative estimate of drug-likeness (QED) is 0.812. The van der Waals surface area contributed by atoms with Crippen LogP contribution < -0.4 is 15.4 Å². The van der Waals surface area contributed by atoms with Gasteiger partial charge in [0.15, 0.2) is 0 Å². The van der Waals surface area contributed by atoms with Crippen LogP contribution in [0.2, 0.25) is 0 Å². The molecule has 0 unspecified atom stereocenters. The van der Waals surface area contributed by atoms with Crippen molar-refractivity contribution >= 4 is 12.0 Å². The van der Waals surface area contributed by atoms with Crippen molar-refractivity contribution in [1.29, 1.82) is 0 Å². The van der Waals surface area contributed by atoms with Crippen LogP contribution in [0.15, 0.2) is 54.6 Å². The van der Waals surface area contributed by atoms with E-state index in [2.05, 4.69) is 10.6 Å². The van der Waals surface area contributed by atoms with Gasteiger partial charge < -0.3 is 15.4 Å². The average molecular weight is 352 g/mol. The van der Waals surface area contributed by atoms with E-state index in [1.807, 2.05) is 0 Å². The summed E-state index contributed by atoms with van der Waals surface area (Å²) in [6.07, 6.45) is -5.12. The summed E-state index contributed by atoms with van der Waals surface area (Å²) in [5, 5.41) is 4.93. The number of alkyl halides is 3. The Balaban J connectivity index is 1.72. The first-order valence-corrected chi connectivity index (χ1v) is 7.32. The third-order valence-electron chi connectivity index (χ3n) is 3.11. The number of carbonyl (C=O) groups excluding carboxylic acids is 2. The largest absolute Gasteiger partial charge is 0.416 e. The first-order valence-electron chi connectivity index (χ1n) is 7.32. The van der Waals surface area contributed by atoms with E-state index in [4.69, 9.17) is 4.74 Å². The molecule has 0 radical (unpaired) electrons. The standard InChI is InChI=1S/C17H15F3N2O3/c18-17(19,20)13-8-6-12(7-9-13)15(23)21-10-11-22-16(24)25-14-4-2-1-3-5-14/h1-9H,10-11H2,(H,21,23)(H,22,24). The minimum atomic E-state index is -4.45. The van der Waals surface area contributed by atoms with E-state index in [9.17, 15) is 22.8 Å². The van der Waals surface area contributed by atoms with Crippen molar-refractivity contribution in [3.05, 3.63) is 65.7 Å². The van der Waals surface area contributed by atoms with Crippen LogP contribution in [0.25, 0.3) is 0 Å². The predicted octanol–water partition coefficient (Wildman–Crippen LogP) is 3.22. The van der Waals surface area contributed by atoms with Gasteiger partial charge in [0.05, 0.1) is 5.56 Å². The van der Waals surface area contributed by atoms with E-state index in [0.29, 0.717) is 5.75 Å². The molecule has 0 bridgehead atoms. The molecule has 2 aromatic carbocycles. The molecule has 0 spiro atoms. The Morgan fingerprint density at radius 2 is 1.48 bits per heavy atom. The number of para-hydroxylation sites is 1. The maximum atomic E-state index is 12.4. The van der Waals surface area contributed by atoms with Gasteiger partial charge in [-0.3, -0.25) is 4.79 Å². The van der Waals surface area contributed by atoms with Gasteiger partial charge >= 0.3 is 12.3 Å². The molecule has 132 valence electrons. The van der Waals surface area contributed by atoms with E-state index in [-0.39, 0.29) is 18.7 Å². The Bertz CT molecular complexity index is 716. The van der Waals surface area contributed by atoms with Crippen molar-refractivity contribution in [2.45, 2.75) is 6.18 Å². The molecule has 0 heterocycles. The Kier molecular flexibility index (Phi) is 5.99. The molecule has 0 aliphatic rings. The molecule has 0 fully saturated rings. The van der Waals surface area contributed by atoms with Gasteiger partial charge in [0.1, 0.15) is 5.75 Å². The molecule has 25 heavy (non-hydrogen) atoms. The van der Waals surface area contributed by atoms with E-state index in [1.54, 1.807) is 30.3 Å². The smallest absolute Gasteiger partial charge is 0.410 e. The molecule has 2 rings (SSSR count). The summed E-state index contributed by atoms with van der Waals surface area (Å²) >= 11 is 0. The zero-order chi connectivity index (χ0) is 18.3. The molecule has 0 aliphatic carbocycles. The topological polar surface area (TPSA) is 67.4 Å². The maximum absolute atomic E-state index is 12.4. The van der Waals surface area contributed by atoms with E-state index >= 15 is 0 Å². The van der Waals surface area contributed by atoms with Crippen LogP contribution in [-0.4, -0.2) is 25.1 Å². The Hall–Kier alpha value is -3.03. The molecule has 0 aliphatic heterocycles. The maximum Gasteiger partial charge on any atom is 0.416 e. The molecule has 8 heteroatoms. The van der Waals surface area contributed by atoms with Crippen LogP contribution in [0.5, 0.6) is 5.75 Å². The second-order valence-electron chi connectivity index (χ2n) is 4.96. The number of halogens is 3. The number of hydrogen-bond acceptors (Lipinski definition) is 3. The van der Waals surface area contributed by atoms with Gasteiger partial charge in [-0.1, -0.05) is 18.2 Å². The highest BCUT2D eigenvalue weighted by atomic mass is 19.4. The van der Waals surface area contributed by atoms with Gasteiger partial charge in [-0.15, -0.1) is 0 Å². The average Bonchev–Trinajstić information content (AvgIpc) is 2.59. The molecular weight excluding hydrogens is 337 g/mol. The van der Waals surface area contributed by atoms with Gasteiger partial charge in [-0.2, -0.15) is 13.2 Å². The van der Waals surface area contributed by atoms with Crippen LogP contribution in [0.3, 0.4) is 0 Å². The summed E-state index contributed by atoms with van der Waals surface area (Å²) < 4.78 is 42.3. The molecule has 0 saturated heterocycles. The number of amides is 2. The fourth-order valence-electron chi connectivity index (χ4n) is 1.88. The van der Waals surface area contributed by atoms with Crippen molar-refractivity contribution in [1.82, 2.24) is 10.6 Å². The van der Waals surface area contributed by atoms with Crippen LogP contribution in [-0.2, 0) is 6.18 Å². The molecule has 0 atom stereocenters. The van der Waals surface area contributed by atoms with Gasteiger partial charge in [0.2, 0.25) is 0 Å². The Morgan fingerprint density at radius 1 is 0.880 bits per heavy atom. The van der Waals surface area contributed by atoms with Gasteiger partial charge in [0, 0.05) is 18.7 Å². The van der Waals surface area contributed by atoms with E-state index in [1.165, 1.54) is 0 Å². The second kappa shape index (κ2) is 8.18. The molecule has 2 N–H and O–H groups in total. The number of nitrogens with one attached hydrogen (secondary N) is 2. The van der Waals surface area contributed by atoms with Crippen molar-refractivity contribution < 1.29 is 27.5 Å². The summed E-state index contributed by atoms with van der Waals surface area (Å²) in [5.74, 6) is -0.152. The lowest BCUT2D eigenvalue weighted by molar-refractivity contribution is -0.137. The van der Waals surface area contributed by atoms with Gasteiger partial charge in [-0.05, 0) is 36.4 Å². The number of hydrogen-bond donors (Lipinski definition) is 2. The molecule has 2 aromatic rings. The SMILES string of the molecule is O=C(NCCNC(=O)c1ccc(C(F)(F)F)cc1)Oc1ccccc1. The van der Waals surface area contributed by atoms with E-state index < -0.39 is 23.7 Å². The second-order valence-corrected chi connectivity index (χ2v) is 4.96. The third-order valence-corrected chi connectivity index (χ3v) is 3.11. The fourth-order valence-corrected chi connectivity index (χ4v) is 1.88. The normalized spacial score (nSPS) is 10.8. The van der Waals surface area contributed by atoms with Crippen molar-refractivity contribution in [3.8, 4) is 5.75 Å². The van der Waals surface area contributed by atoms with Crippen molar-refractivity contribution in [3.63, 3.8) is 0 Å². The Morgan fingerprint density at radius 3 is 2.08 bits per heavy atom. The van der Waals surface area contributed by atoms with Gasteiger partial charge in [0.25, 0.3) is 5.91 Å². The Labute approximate surface area is 141 Å². The summed E-state index contributed by atoms with van der Waals surface area (Å²) in [7, 11) is 0. The minimum absolute atomic E-state index is 0.0971. The molecule has 5 nitrogen and oxygen atoms in total. The third kappa shape index (κ3) is 5.83. The highest BCUT2D eigenvalue weighted by Gasteiger charge is 2.30. The molecule has 0 aromatic heterocycles. The summed E-state index contributed by atoms with van der Waals surface area (Å²) in [6, 6.07) is 12.3. The minimum Gasteiger partial charge on any atom is -0.410 e. The van der Waals surface area contributed by atoms with Crippen LogP contribution in [0.1, 0.15) is 15.9 Å². The van der Waals surface area contributed by atoms with Crippen LogP contribution in [0, 0.1) is 0 Å². The zero-order valence-electron chi connectivity index (χ0n) is 13.0. The lowest BCUT2D eigenvalue weighted by Gasteiger charge is -2.09. The van der Waals surface area contributed by atoms with Gasteiger partial charge in [-0.25, -0.2) is 4.79 Å². The summed E-state index contributed by atoms with van der Waals surface area (Å²) in [4.78, 5) is 23.3. The number of ether oxygens (including phenoxy) is 1. The first kappa shape index (κ1) is 18.3. The van der Waals surface area contributed by atoms with Crippen molar-refractivity contribution in [2.75, 3.05) is 13.1 Å². The molecule has 2 amide bonds. The fraction of sp³-hybridized carbons (Fsp3) is 0.176. The number of rotatable bonds is 5. The number of benzene rings is 2. The number of carbonyl (C=O) groups is 2. The summed E-state index contributed by atoms with van der Waals surface area (Å²) in [5.41, 5.74) is -0.728. The van der Waals surface area contributed by atoms with Crippen molar-refractivity contribution in [2.24, 2.45) is 0 Å². The van der Waals surface area contributed by atoms with Crippen LogP contribution in [0.4, 0.5) is 18.0 Å². The lowest BCUT2D eigenvalue weighted by atomic mass is 10.1.